The van der Waals surface area contributed by atoms with Crippen molar-refractivity contribution in [2.45, 2.75) is 0 Å². The lowest BCUT2D eigenvalue weighted by atomic mass is 10.2. The zero-order valence-electron chi connectivity index (χ0n) is 8.34. The number of nitrogens with zero attached hydrogens (tertiary/aromatic N) is 3. The molecule has 3 nitrogen and oxygen atoms in total. The lowest BCUT2D eigenvalue weighted by molar-refractivity contribution is 1.19. The molecule has 0 atom stereocenters. The molecule has 0 unspecified atom stereocenters. The van der Waals surface area contributed by atoms with E-state index < -0.39 is 0 Å². The van der Waals surface area contributed by atoms with Crippen molar-refractivity contribution in [2.24, 2.45) is 0 Å². The second kappa shape index (κ2) is 3.61. The molecule has 0 radical (unpaired) electrons. The highest BCUT2D eigenvalue weighted by molar-refractivity contribution is 6.33. The fourth-order valence-electron chi connectivity index (χ4n) is 1.63. The zero-order valence-corrected chi connectivity index (χ0v) is 9.09. The largest absolute Gasteiger partial charge is 0.305 e. The summed E-state index contributed by atoms with van der Waals surface area (Å²) in [7, 11) is 0. The first kappa shape index (κ1) is 9.36. The molecule has 0 aliphatic rings. The van der Waals surface area contributed by atoms with Gasteiger partial charge in [0.15, 0.2) is 5.65 Å². The monoisotopic (exact) mass is 229 g/mol. The van der Waals surface area contributed by atoms with E-state index in [2.05, 4.69) is 9.97 Å². The molecule has 78 valence electrons. The summed E-state index contributed by atoms with van der Waals surface area (Å²) in [5.41, 5.74) is 2.63. The van der Waals surface area contributed by atoms with Crippen LogP contribution in [0, 0.1) is 0 Å². The molecule has 3 aromatic heterocycles. The first-order valence-corrected chi connectivity index (χ1v) is 5.26. The zero-order chi connectivity index (χ0) is 11.0. The van der Waals surface area contributed by atoms with Crippen LogP contribution in [0.2, 0.25) is 5.02 Å². The van der Waals surface area contributed by atoms with Crippen molar-refractivity contribution in [1.29, 1.82) is 0 Å². The Balaban J connectivity index is 2.23. The molecule has 0 aliphatic carbocycles. The number of pyridine rings is 2. The highest BCUT2D eigenvalue weighted by atomic mass is 35.5. The predicted molar refractivity (Wildman–Crippen MR) is 63.4 cm³/mol. The molecule has 4 heteroatoms. The van der Waals surface area contributed by atoms with Crippen molar-refractivity contribution in [2.75, 3.05) is 0 Å². The molecule has 3 aromatic rings. The Hall–Kier alpha value is -1.87. The smallest absolute Gasteiger partial charge is 0.156 e. The second-order valence-corrected chi connectivity index (χ2v) is 3.86. The molecule has 0 fully saturated rings. The van der Waals surface area contributed by atoms with E-state index >= 15 is 0 Å². The molecule has 0 aliphatic heterocycles. The van der Waals surface area contributed by atoms with E-state index in [4.69, 9.17) is 11.6 Å². The summed E-state index contributed by atoms with van der Waals surface area (Å²) >= 11 is 6.06. The second-order valence-electron chi connectivity index (χ2n) is 3.45. The van der Waals surface area contributed by atoms with Crippen LogP contribution in [-0.2, 0) is 0 Å². The van der Waals surface area contributed by atoms with Gasteiger partial charge in [-0.3, -0.25) is 4.98 Å². The molecule has 3 heterocycles. The van der Waals surface area contributed by atoms with Crippen molar-refractivity contribution < 1.29 is 0 Å². The van der Waals surface area contributed by atoms with E-state index in [1.807, 2.05) is 41.1 Å². The Morgan fingerprint density at radius 3 is 2.88 bits per heavy atom. The molecule has 0 spiro atoms. The highest BCUT2D eigenvalue weighted by Gasteiger charge is 2.06. The third-order valence-corrected chi connectivity index (χ3v) is 2.69. The van der Waals surface area contributed by atoms with Crippen molar-refractivity contribution in [3.63, 3.8) is 0 Å². The minimum atomic E-state index is 0.651. The maximum atomic E-state index is 6.06. The summed E-state index contributed by atoms with van der Waals surface area (Å²) in [6, 6.07) is 7.59. The van der Waals surface area contributed by atoms with Gasteiger partial charge in [0.1, 0.15) is 0 Å². The van der Waals surface area contributed by atoms with Gasteiger partial charge in [0.2, 0.25) is 0 Å². The van der Waals surface area contributed by atoms with Gasteiger partial charge in [-0.1, -0.05) is 11.6 Å². The van der Waals surface area contributed by atoms with Gasteiger partial charge in [0, 0.05) is 30.4 Å². The fourth-order valence-corrected chi connectivity index (χ4v) is 1.84. The van der Waals surface area contributed by atoms with Crippen molar-refractivity contribution in [3.8, 4) is 11.3 Å². The van der Waals surface area contributed by atoms with Crippen LogP contribution < -0.4 is 0 Å². The van der Waals surface area contributed by atoms with Crippen LogP contribution in [-0.4, -0.2) is 14.4 Å². The topological polar surface area (TPSA) is 30.2 Å². The normalized spacial score (nSPS) is 10.8. The number of hydrogen-bond donors (Lipinski definition) is 0. The summed E-state index contributed by atoms with van der Waals surface area (Å²) in [4.78, 5) is 8.54. The Kier molecular flexibility index (Phi) is 2.11. The maximum absolute atomic E-state index is 6.06. The third-order valence-electron chi connectivity index (χ3n) is 2.39. The van der Waals surface area contributed by atoms with E-state index in [-0.39, 0.29) is 0 Å². The molecule has 16 heavy (non-hydrogen) atoms. The lowest BCUT2D eigenvalue weighted by Crippen LogP contribution is -1.80. The molecule has 0 saturated carbocycles. The molecule has 0 N–H and O–H groups in total. The molecular formula is C12H8ClN3. The number of fused-ring (bicyclic) bond motifs is 1. The number of halogens is 1. The van der Waals surface area contributed by atoms with E-state index in [9.17, 15) is 0 Å². The van der Waals surface area contributed by atoms with Gasteiger partial charge in [-0.2, -0.15) is 0 Å². The third kappa shape index (κ3) is 1.46. The summed E-state index contributed by atoms with van der Waals surface area (Å²) < 4.78 is 1.91. The average Bonchev–Trinajstić information content (AvgIpc) is 2.76. The van der Waals surface area contributed by atoms with Crippen LogP contribution in [0.25, 0.3) is 16.9 Å². The fraction of sp³-hybridized carbons (Fsp3) is 0. The Morgan fingerprint density at radius 1 is 1.19 bits per heavy atom. The van der Waals surface area contributed by atoms with Crippen LogP contribution in [0.5, 0.6) is 0 Å². The minimum absolute atomic E-state index is 0.651. The Labute approximate surface area is 97.3 Å². The van der Waals surface area contributed by atoms with Crippen LogP contribution in [0.15, 0.2) is 49.1 Å². The Morgan fingerprint density at radius 2 is 2.12 bits per heavy atom. The summed E-state index contributed by atoms with van der Waals surface area (Å²) in [6.45, 7) is 0. The number of hydrogen-bond acceptors (Lipinski definition) is 2. The summed E-state index contributed by atoms with van der Waals surface area (Å²) in [5.74, 6) is 0. The van der Waals surface area contributed by atoms with Crippen molar-refractivity contribution in [3.05, 3.63) is 54.1 Å². The molecular weight excluding hydrogens is 222 g/mol. The van der Waals surface area contributed by atoms with Crippen LogP contribution >= 0.6 is 11.6 Å². The lowest BCUT2D eigenvalue weighted by Gasteiger charge is -1.92. The van der Waals surface area contributed by atoms with Gasteiger partial charge in [-0.15, -0.1) is 0 Å². The van der Waals surface area contributed by atoms with Crippen LogP contribution in [0.1, 0.15) is 0 Å². The summed E-state index contributed by atoms with van der Waals surface area (Å²) in [5, 5.41) is 0.651. The van der Waals surface area contributed by atoms with Gasteiger partial charge in [0.25, 0.3) is 0 Å². The first-order chi connectivity index (χ1) is 7.84. The van der Waals surface area contributed by atoms with E-state index in [0.29, 0.717) is 5.02 Å². The SMILES string of the molecule is Clc1cccn2cc(-c3cccnc3)nc12. The van der Waals surface area contributed by atoms with Crippen LogP contribution in [0.4, 0.5) is 0 Å². The molecule has 0 bridgehead atoms. The van der Waals surface area contributed by atoms with Crippen molar-refractivity contribution in [1.82, 2.24) is 14.4 Å². The molecule has 0 saturated heterocycles. The van der Waals surface area contributed by atoms with Gasteiger partial charge in [-0.25, -0.2) is 4.98 Å². The minimum Gasteiger partial charge on any atom is -0.305 e. The van der Waals surface area contributed by atoms with E-state index in [0.717, 1.165) is 16.9 Å². The van der Waals surface area contributed by atoms with Crippen LogP contribution in [0.3, 0.4) is 0 Å². The maximum Gasteiger partial charge on any atom is 0.156 e. The van der Waals surface area contributed by atoms with Gasteiger partial charge in [0.05, 0.1) is 10.7 Å². The van der Waals surface area contributed by atoms with Gasteiger partial charge in [-0.05, 0) is 24.3 Å². The predicted octanol–water partition coefficient (Wildman–Crippen LogP) is 3.05. The Bertz CT molecular complexity index is 631. The number of aromatic nitrogens is 3. The molecule has 0 amide bonds. The van der Waals surface area contributed by atoms with E-state index in [1.165, 1.54) is 0 Å². The number of imidazole rings is 1. The standard InChI is InChI=1S/C12H8ClN3/c13-10-4-2-6-16-8-11(15-12(10)16)9-3-1-5-14-7-9/h1-8H. The average molecular weight is 230 g/mol. The highest BCUT2D eigenvalue weighted by Crippen LogP contribution is 2.21. The molecule has 3 rings (SSSR count). The quantitative estimate of drug-likeness (QED) is 0.642. The van der Waals surface area contributed by atoms with E-state index in [1.54, 1.807) is 12.4 Å². The number of rotatable bonds is 1. The van der Waals surface area contributed by atoms with Crippen molar-refractivity contribution >= 4 is 17.2 Å². The summed E-state index contributed by atoms with van der Waals surface area (Å²) in [6.07, 6.45) is 7.40. The molecule has 0 aromatic carbocycles. The van der Waals surface area contributed by atoms with Gasteiger partial charge < -0.3 is 4.40 Å². The van der Waals surface area contributed by atoms with Gasteiger partial charge >= 0.3 is 0 Å². The first-order valence-electron chi connectivity index (χ1n) is 4.88.